The van der Waals surface area contributed by atoms with Crippen molar-refractivity contribution in [1.29, 1.82) is 0 Å². The largest absolute Gasteiger partial charge is 0.487 e. The second-order valence-electron chi connectivity index (χ2n) is 6.25. The quantitative estimate of drug-likeness (QED) is 0.846. The molecule has 2 aliphatic rings. The highest BCUT2D eigenvalue weighted by Gasteiger charge is 2.32. The summed E-state index contributed by atoms with van der Waals surface area (Å²) >= 11 is 0. The number of hydrogen-bond acceptors (Lipinski definition) is 3. The molecular weight excluding hydrogens is 299 g/mol. The molecule has 0 heterocycles. The minimum Gasteiger partial charge on any atom is -0.487 e. The Bertz CT molecular complexity index is 557. The Labute approximate surface area is 135 Å². The molecule has 2 aliphatic carbocycles. The molecule has 2 N–H and O–H groups in total. The lowest BCUT2D eigenvalue weighted by atomic mass is 10.2. The van der Waals surface area contributed by atoms with Gasteiger partial charge in [-0.15, -0.1) is 0 Å². The monoisotopic (exact) mass is 322 g/mol. The molecular formula is C17H23FN2O3. The Hall–Kier alpha value is -1.82. The van der Waals surface area contributed by atoms with Gasteiger partial charge in [0.25, 0.3) is 0 Å². The van der Waals surface area contributed by atoms with Gasteiger partial charge in [-0.05, 0) is 50.7 Å². The zero-order valence-corrected chi connectivity index (χ0v) is 13.1. The van der Waals surface area contributed by atoms with Crippen LogP contribution in [0.2, 0.25) is 0 Å². The summed E-state index contributed by atoms with van der Waals surface area (Å²) in [7, 11) is 0. The summed E-state index contributed by atoms with van der Waals surface area (Å²) in [6.45, 7) is 0.217. The molecule has 6 heteroatoms. The van der Waals surface area contributed by atoms with E-state index in [0.29, 0.717) is 12.2 Å². The third-order valence-electron chi connectivity index (χ3n) is 4.37. The zero-order chi connectivity index (χ0) is 16.2. The van der Waals surface area contributed by atoms with E-state index in [0.717, 1.165) is 38.5 Å². The van der Waals surface area contributed by atoms with Crippen LogP contribution in [0.15, 0.2) is 18.2 Å². The summed E-state index contributed by atoms with van der Waals surface area (Å²) in [6, 6.07) is 4.39. The van der Waals surface area contributed by atoms with Gasteiger partial charge in [0.2, 0.25) is 0 Å². The number of nitrogens with zero attached hydrogens (tertiary/aromatic N) is 1. The van der Waals surface area contributed by atoms with Crippen LogP contribution in [0.5, 0.6) is 5.75 Å². The van der Waals surface area contributed by atoms with Crippen LogP contribution >= 0.6 is 0 Å². The average molecular weight is 322 g/mol. The number of carbonyl (C=O) groups is 1. The van der Waals surface area contributed by atoms with Crippen molar-refractivity contribution in [2.75, 3.05) is 18.5 Å². The van der Waals surface area contributed by atoms with Gasteiger partial charge in [0, 0.05) is 24.3 Å². The van der Waals surface area contributed by atoms with E-state index in [4.69, 9.17) is 9.84 Å². The molecule has 0 bridgehead atoms. The number of urea groups is 1. The van der Waals surface area contributed by atoms with Crippen LogP contribution in [0.4, 0.5) is 14.9 Å². The van der Waals surface area contributed by atoms with E-state index >= 15 is 0 Å². The molecule has 0 atom stereocenters. The van der Waals surface area contributed by atoms with Crippen molar-refractivity contribution in [3.63, 3.8) is 0 Å². The number of rotatable bonds is 6. The van der Waals surface area contributed by atoms with Crippen molar-refractivity contribution in [3.05, 3.63) is 24.0 Å². The molecule has 2 fully saturated rings. The van der Waals surface area contributed by atoms with E-state index in [-0.39, 0.29) is 30.5 Å². The number of halogens is 1. The Balaban J connectivity index is 1.61. The standard InChI is InChI=1S/C17H23FN2O3/c18-15-11-12(5-8-16(15)23-14-3-1-2-4-14)19-17(22)20(9-10-21)13-6-7-13/h5,8,11,13-14,21H,1-4,6-7,9-10H2,(H,19,22). The second-order valence-corrected chi connectivity index (χ2v) is 6.25. The van der Waals surface area contributed by atoms with Gasteiger partial charge in [-0.25, -0.2) is 9.18 Å². The number of carbonyl (C=O) groups excluding carboxylic acids is 1. The first-order valence-electron chi connectivity index (χ1n) is 8.32. The van der Waals surface area contributed by atoms with Crippen LogP contribution < -0.4 is 10.1 Å². The topological polar surface area (TPSA) is 61.8 Å². The van der Waals surface area contributed by atoms with Crippen molar-refractivity contribution in [1.82, 2.24) is 4.90 Å². The summed E-state index contributed by atoms with van der Waals surface area (Å²) < 4.78 is 19.8. The van der Waals surface area contributed by atoms with Gasteiger partial charge in [-0.1, -0.05) is 0 Å². The Morgan fingerprint density at radius 3 is 2.65 bits per heavy atom. The van der Waals surface area contributed by atoms with Gasteiger partial charge in [0.15, 0.2) is 11.6 Å². The van der Waals surface area contributed by atoms with Crippen LogP contribution in [0.3, 0.4) is 0 Å². The van der Waals surface area contributed by atoms with Crippen LogP contribution in [0.25, 0.3) is 0 Å². The summed E-state index contributed by atoms with van der Waals surface area (Å²) in [6.07, 6.45) is 6.20. The van der Waals surface area contributed by atoms with Crippen molar-refractivity contribution >= 4 is 11.7 Å². The summed E-state index contributed by atoms with van der Waals surface area (Å²) in [5, 5.41) is 11.7. The molecule has 5 nitrogen and oxygen atoms in total. The van der Waals surface area contributed by atoms with Gasteiger partial charge in [-0.3, -0.25) is 0 Å². The van der Waals surface area contributed by atoms with E-state index in [1.165, 1.54) is 6.07 Å². The number of anilines is 1. The summed E-state index contributed by atoms with van der Waals surface area (Å²) in [5.74, 6) is -0.223. The highest BCUT2D eigenvalue weighted by molar-refractivity contribution is 5.89. The molecule has 0 spiro atoms. The molecule has 0 unspecified atom stereocenters. The van der Waals surface area contributed by atoms with Crippen LogP contribution in [0.1, 0.15) is 38.5 Å². The van der Waals surface area contributed by atoms with E-state index in [2.05, 4.69) is 5.32 Å². The van der Waals surface area contributed by atoms with Crippen molar-refractivity contribution in [2.24, 2.45) is 0 Å². The predicted octanol–water partition coefficient (Wildman–Crippen LogP) is 3.14. The molecule has 23 heavy (non-hydrogen) atoms. The van der Waals surface area contributed by atoms with E-state index in [9.17, 15) is 9.18 Å². The van der Waals surface area contributed by atoms with E-state index in [1.54, 1.807) is 17.0 Å². The van der Waals surface area contributed by atoms with Crippen LogP contribution in [-0.4, -0.2) is 41.3 Å². The number of amides is 2. The van der Waals surface area contributed by atoms with Crippen LogP contribution in [-0.2, 0) is 0 Å². The minimum absolute atomic E-state index is 0.0769. The lowest BCUT2D eigenvalue weighted by molar-refractivity contribution is 0.185. The SMILES string of the molecule is O=C(Nc1ccc(OC2CCCC2)c(F)c1)N(CCO)C1CC1. The fourth-order valence-electron chi connectivity index (χ4n) is 3.00. The Morgan fingerprint density at radius 2 is 2.04 bits per heavy atom. The molecule has 1 aromatic carbocycles. The van der Waals surface area contributed by atoms with E-state index in [1.807, 2.05) is 0 Å². The smallest absolute Gasteiger partial charge is 0.322 e. The number of ether oxygens (including phenoxy) is 1. The summed E-state index contributed by atoms with van der Waals surface area (Å²) in [4.78, 5) is 13.8. The number of nitrogens with one attached hydrogen (secondary N) is 1. The highest BCUT2D eigenvalue weighted by Crippen LogP contribution is 2.29. The van der Waals surface area contributed by atoms with Gasteiger partial charge >= 0.3 is 6.03 Å². The van der Waals surface area contributed by atoms with Crippen molar-refractivity contribution in [3.8, 4) is 5.75 Å². The second kappa shape index (κ2) is 7.17. The highest BCUT2D eigenvalue weighted by atomic mass is 19.1. The Morgan fingerprint density at radius 1 is 1.30 bits per heavy atom. The maximum absolute atomic E-state index is 14.1. The van der Waals surface area contributed by atoms with Crippen molar-refractivity contribution < 1.29 is 19.0 Å². The molecule has 1 aromatic rings. The minimum atomic E-state index is -0.463. The maximum atomic E-state index is 14.1. The third kappa shape index (κ3) is 4.13. The lowest BCUT2D eigenvalue weighted by Crippen LogP contribution is -2.38. The van der Waals surface area contributed by atoms with Gasteiger partial charge < -0.3 is 20.1 Å². The van der Waals surface area contributed by atoms with Crippen molar-refractivity contribution in [2.45, 2.75) is 50.7 Å². The predicted molar refractivity (Wildman–Crippen MR) is 85.1 cm³/mol. The number of hydrogen-bond donors (Lipinski definition) is 2. The maximum Gasteiger partial charge on any atom is 0.322 e. The first kappa shape index (κ1) is 16.1. The molecule has 0 saturated heterocycles. The summed E-state index contributed by atoms with van der Waals surface area (Å²) in [5.41, 5.74) is 0.398. The molecule has 0 radical (unpaired) electrons. The van der Waals surface area contributed by atoms with Crippen LogP contribution in [0, 0.1) is 5.82 Å². The number of aliphatic hydroxyl groups excluding tert-OH is 1. The molecule has 0 aromatic heterocycles. The van der Waals surface area contributed by atoms with Gasteiger partial charge in [0.1, 0.15) is 0 Å². The number of aliphatic hydroxyl groups is 1. The Kier molecular flexibility index (Phi) is 5.00. The average Bonchev–Trinajstić information content (AvgIpc) is 3.24. The molecule has 3 rings (SSSR count). The first-order chi connectivity index (χ1) is 11.2. The normalized spacial score (nSPS) is 18.0. The fraction of sp³-hybridized carbons (Fsp3) is 0.588. The lowest BCUT2D eigenvalue weighted by Gasteiger charge is -2.22. The number of benzene rings is 1. The fourth-order valence-corrected chi connectivity index (χ4v) is 3.00. The van der Waals surface area contributed by atoms with Gasteiger partial charge in [0.05, 0.1) is 12.7 Å². The van der Waals surface area contributed by atoms with E-state index < -0.39 is 5.82 Å². The zero-order valence-electron chi connectivity index (χ0n) is 13.1. The molecule has 2 amide bonds. The van der Waals surface area contributed by atoms with Gasteiger partial charge in [-0.2, -0.15) is 0 Å². The molecule has 0 aliphatic heterocycles. The first-order valence-corrected chi connectivity index (χ1v) is 8.32. The molecule has 2 saturated carbocycles. The third-order valence-corrected chi connectivity index (χ3v) is 4.37. The molecule has 126 valence electrons.